The summed E-state index contributed by atoms with van der Waals surface area (Å²) in [6.07, 6.45) is 0.713. The van der Waals surface area contributed by atoms with Crippen LogP contribution in [0.1, 0.15) is 6.42 Å². The number of carbonyl (C=O) groups excluding carboxylic acids is 1. The van der Waals surface area contributed by atoms with E-state index in [9.17, 15) is 4.79 Å². The Morgan fingerprint density at radius 1 is 1.56 bits per heavy atom. The van der Waals surface area contributed by atoms with Crippen molar-refractivity contribution in [2.24, 2.45) is 0 Å². The van der Waals surface area contributed by atoms with Gasteiger partial charge in [0.25, 0.3) is 0 Å². The van der Waals surface area contributed by atoms with Crippen molar-refractivity contribution in [2.45, 2.75) is 12.5 Å². The summed E-state index contributed by atoms with van der Waals surface area (Å²) in [6, 6.07) is 5.41. The fraction of sp³-hybridized carbons (Fsp3) is 0.364. The number of nitrogens with zero attached hydrogens (tertiary/aromatic N) is 1. The summed E-state index contributed by atoms with van der Waals surface area (Å²) in [5.74, 6) is -0.176. The van der Waals surface area contributed by atoms with Crippen molar-refractivity contribution < 1.29 is 9.53 Å². The normalized spacial score (nSPS) is 19.6. The molecule has 1 saturated heterocycles. The monoisotopic (exact) mass is 284 g/mol. The maximum Gasteiger partial charge on any atom is 0.328 e. The lowest BCUT2D eigenvalue weighted by Gasteiger charge is -2.24. The summed E-state index contributed by atoms with van der Waals surface area (Å²) in [5, 5.41) is 0. The Morgan fingerprint density at radius 2 is 2.31 bits per heavy atom. The first-order valence-electron chi connectivity index (χ1n) is 5.04. The number of hydrogen-bond donors (Lipinski definition) is 1. The van der Waals surface area contributed by atoms with E-state index in [0.29, 0.717) is 18.7 Å². The molecule has 1 unspecified atom stereocenters. The van der Waals surface area contributed by atoms with Gasteiger partial charge in [-0.15, -0.1) is 0 Å². The maximum absolute atomic E-state index is 11.5. The van der Waals surface area contributed by atoms with E-state index in [4.69, 9.17) is 10.5 Å². The van der Waals surface area contributed by atoms with Gasteiger partial charge in [-0.2, -0.15) is 0 Å². The standard InChI is InChI=1S/C11H13BrN2O2/c1-14(10-4-5-16-11(10)15)9-3-2-7(12)6-8(9)13/h2-3,6,10H,4-5,13H2,1H3. The van der Waals surface area contributed by atoms with E-state index in [1.165, 1.54) is 0 Å². The van der Waals surface area contributed by atoms with Crippen molar-refractivity contribution in [3.05, 3.63) is 22.7 Å². The van der Waals surface area contributed by atoms with Crippen LogP contribution in [0.25, 0.3) is 0 Å². The lowest BCUT2D eigenvalue weighted by Crippen LogP contribution is -2.35. The fourth-order valence-electron chi connectivity index (χ4n) is 1.85. The highest BCUT2D eigenvalue weighted by molar-refractivity contribution is 9.10. The third-order valence-electron chi connectivity index (χ3n) is 2.74. The molecule has 1 aliphatic heterocycles. The van der Waals surface area contributed by atoms with Crippen molar-refractivity contribution in [3.8, 4) is 0 Å². The molecule has 0 radical (unpaired) electrons. The molecule has 1 atom stereocenters. The zero-order chi connectivity index (χ0) is 11.7. The van der Waals surface area contributed by atoms with Crippen molar-refractivity contribution in [1.29, 1.82) is 0 Å². The van der Waals surface area contributed by atoms with E-state index in [1.807, 2.05) is 30.1 Å². The summed E-state index contributed by atoms with van der Waals surface area (Å²) in [5.41, 5.74) is 7.41. The Kier molecular flexibility index (Phi) is 3.05. The quantitative estimate of drug-likeness (QED) is 0.665. The molecule has 2 rings (SSSR count). The smallest absolute Gasteiger partial charge is 0.328 e. The second-order valence-corrected chi connectivity index (χ2v) is 4.70. The first-order valence-corrected chi connectivity index (χ1v) is 5.83. The molecule has 0 spiro atoms. The number of nitrogens with two attached hydrogens (primary N) is 1. The molecule has 16 heavy (non-hydrogen) atoms. The second kappa shape index (κ2) is 4.33. The number of rotatable bonds is 2. The number of cyclic esters (lactones) is 1. The fourth-order valence-corrected chi connectivity index (χ4v) is 2.23. The van der Waals surface area contributed by atoms with Crippen LogP contribution >= 0.6 is 15.9 Å². The Hall–Kier alpha value is -1.23. The lowest BCUT2D eigenvalue weighted by atomic mass is 10.2. The molecular weight excluding hydrogens is 272 g/mol. The third kappa shape index (κ3) is 2.00. The van der Waals surface area contributed by atoms with Gasteiger partial charge in [0.2, 0.25) is 0 Å². The summed E-state index contributed by atoms with van der Waals surface area (Å²) in [4.78, 5) is 13.3. The van der Waals surface area contributed by atoms with E-state index in [-0.39, 0.29) is 12.0 Å². The van der Waals surface area contributed by atoms with Crippen LogP contribution in [-0.4, -0.2) is 25.7 Å². The number of esters is 1. The van der Waals surface area contributed by atoms with Crippen LogP contribution in [0.15, 0.2) is 22.7 Å². The van der Waals surface area contributed by atoms with Crippen molar-refractivity contribution in [3.63, 3.8) is 0 Å². The second-order valence-electron chi connectivity index (χ2n) is 3.79. The van der Waals surface area contributed by atoms with E-state index in [2.05, 4.69) is 15.9 Å². The van der Waals surface area contributed by atoms with Gasteiger partial charge in [-0.05, 0) is 18.2 Å². The summed E-state index contributed by atoms with van der Waals surface area (Å²) in [7, 11) is 1.86. The van der Waals surface area contributed by atoms with Crippen LogP contribution in [0.5, 0.6) is 0 Å². The Balaban J connectivity index is 2.26. The zero-order valence-corrected chi connectivity index (χ0v) is 10.5. The summed E-state index contributed by atoms with van der Waals surface area (Å²) in [6.45, 7) is 0.490. The summed E-state index contributed by atoms with van der Waals surface area (Å²) >= 11 is 3.35. The number of hydrogen-bond acceptors (Lipinski definition) is 4. The molecule has 1 aromatic rings. The highest BCUT2D eigenvalue weighted by Gasteiger charge is 2.31. The minimum Gasteiger partial charge on any atom is -0.464 e. The van der Waals surface area contributed by atoms with Crippen LogP contribution in [0, 0.1) is 0 Å². The largest absolute Gasteiger partial charge is 0.464 e. The molecule has 4 nitrogen and oxygen atoms in total. The minimum absolute atomic E-state index is 0.176. The lowest BCUT2D eigenvalue weighted by molar-refractivity contribution is -0.139. The van der Waals surface area contributed by atoms with Gasteiger partial charge in [0.05, 0.1) is 18.0 Å². The van der Waals surface area contributed by atoms with E-state index < -0.39 is 0 Å². The molecule has 0 amide bonds. The van der Waals surface area contributed by atoms with Gasteiger partial charge in [-0.1, -0.05) is 15.9 Å². The number of carbonyl (C=O) groups is 1. The van der Waals surface area contributed by atoms with Crippen molar-refractivity contribution >= 4 is 33.3 Å². The average molecular weight is 285 g/mol. The third-order valence-corrected chi connectivity index (χ3v) is 3.24. The molecule has 1 fully saturated rings. The van der Waals surface area contributed by atoms with E-state index in [1.54, 1.807) is 0 Å². The van der Waals surface area contributed by atoms with Crippen molar-refractivity contribution in [2.75, 3.05) is 24.3 Å². The SMILES string of the molecule is CN(c1ccc(Br)cc1N)C1CCOC1=O. The predicted octanol–water partition coefficient (Wildman–Crippen LogP) is 1.78. The molecule has 1 aliphatic rings. The summed E-state index contributed by atoms with van der Waals surface area (Å²) < 4.78 is 5.87. The number of ether oxygens (including phenoxy) is 1. The number of anilines is 2. The molecule has 0 aromatic heterocycles. The average Bonchev–Trinajstić information content (AvgIpc) is 2.63. The molecule has 0 aliphatic carbocycles. The molecular formula is C11H13BrN2O2. The molecule has 2 N–H and O–H groups in total. The van der Waals surface area contributed by atoms with E-state index in [0.717, 1.165) is 10.2 Å². The van der Waals surface area contributed by atoms with Crippen LogP contribution in [-0.2, 0) is 9.53 Å². The number of benzene rings is 1. The maximum atomic E-state index is 11.5. The van der Waals surface area contributed by atoms with Gasteiger partial charge < -0.3 is 15.4 Å². The topological polar surface area (TPSA) is 55.6 Å². The highest BCUT2D eigenvalue weighted by Crippen LogP contribution is 2.29. The minimum atomic E-state index is -0.219. The van der Waals surface area contributed by atoms with Gasteiger partial charge in [0, 0.05) is 17.9 Å². The molecule has 0 bridgehead atoms. The molecule has 5 heteroatoms. The molecule has 86 valence electrons. The Bertz CT molecular complexity index is 422. The van der Waals surface area contributed by atoms with Gasteiger partial charge in [0.1, 0.15) is 6.04 Å². The van der Waals surface area contributed by atoms with Crippen LogP contribution < -0.4 is 10.6 Å². The first kappa shape index (κ1) is 11.3. The van der Waals surface area contributed by atoms with Crippen LogP contribution in [0.4, 0.5) is 11.4 Å². The van der Waals surface area contributed by atoms with Gasteiger partial charge in [-0.25, -0.2) is 4.79 Å². The van der Waals surface area contributed by atoms with Crippen LogP contribution in [0.2, 0.25) is 0 Å². The predicted molar refractivity (Wildman–Crippen MR) is 66.3 cm³/mol. The van der Waals surface area contributed by atoms with Gasteiger partial charge in [0.15, 0.2) is 0 Å². The van der Waals surface area contributed by atoms with Crippen molar-refractivity contribution in [1.82, 2.24) is 0 Å². The van der Waals surface area contributed by atoms with Gasteiger partial charge >= 0.3 is 5.97 Å². The Labute approximate surface area is 102 Å². The molecule has 0 saturated carbocycles. The first-order chi connectivity index (χ1) is 7.59. The number of likely N-dealkylation sites (N-methyl/N-ethyl adjacent to an activating group) is 1. The Morgan fingerprint density at radius 3 is 2.88 bits per heavy atom. The van der Waals surface area contributed by atoms with E-state index >= 15 is 0 Å². The van der Waals surface area contributed by atoms with Crippen LogP contribution in [0.3, 0.4) is 0 Å². The molecule has 1 heterocycles. The zero-order valence-electron chi connectivity index (χ0n) is 8.94. The number of halogens is 1. The highest BCUT2D eigenvalue weighted by atomic mass is 79.9. The molecule has 1 aromatic carbocycles. The number of nitrogen functional groups attached to an aromatic ring is 1. The van der Waals surface area contributed by atoms with Gasteiger partial charge in [-0.3, -0.25) is 0 Å².